The standard InChI is InChI=1S/C10H13NO2S2/c1-4-8-11(3)15(12,13)10-7-6-9(5-2)14-10/h1,6-7H,5,8H2,2-3H3. The molecule has 0 radical (unpaired) electrons. The van der Waals surface area contributed by atoms with E-state index < -0.39 is 10.0 Å². The fourth-order valence-electron chi connectivity index (χ4n) is 1.05. The lowest BCUT2D eigenvalue weighted by molar-refractivity contribution is 0.505. The van der Waals surface area contributed by atoms with Gasteiger partial charge >= 0.3 is 0 Å². The molecule has 15 heavy (non-hydrogen) atoms. The fourth-order valence-corrected chi connectivity index (χ4v) is 3.64. The van der Waals surface area contributed by atoms with Gasteiger partial charge in [-0.15, -0.1) is 17.8 Å². The molecule has 0 aliphatic rings. The summed E-state index contributed by atoms with van der Waals surface area (Å²) in [4.78, 5) is 1.06. The lowest BCUT2D eigenvalue weighted by atomic mass is 10.4. The summed E-state index contributed by atoms with van der Waals surface area (Å²) in [6.07, 6.45) is 5.93. The highest BCUT2D eigenvalue weighted by Gasteiger charge is 2.21. The topological polar surface area (TPSA) is 37.4 Å². The maximum absolute atomic E-state index is 11.9. The molecule has 0 spiro atoms. The maximum Gasteiger partial charge on any atom is 0.253 e. The van der Waals surface area contributed by atoms with Gasteiger partial charge in [-0.1, -0.05) is 12.8 Å². The van der Waals surface area contributed by atoms with Crippen molar-refractivity contribution < 1.29 is 8.42 Å². The minimum Gasteiger partial charge on any atom is -0.206 e. The summed E-state index contributed by atoms with van der Waals surface area (Å²) in [5.74, 6) is 2.32. The van der Waals surface area contributed by atoms with Crippen molar-refractivity contribution in [2.75, 3.05) is 13.6 Å². The van der Waals surface area contributed by atoms with Crippen molar-refractivity contribution in [3.63, 3.8) is 0 Å². The Kier molecular flexibility index (Phi) is 3.91. The Morgan fingerprint density at radius 1 is 1.53 bits per heavy atom. The molecule has 3 nitrogen and oxygen atoms in total. The molecule has 5 heteroatoms. The average molecular weight is 243 g/mol. The van der Waals surface area contributed by atoms with Crippen LogP contribution in [0.25, 0.3) is 0 Å². The van der Waals surface area contributed by atoms with Crippen LogP contribution >= 0.6 is 11.3 Å². The third-order valence-corrected chi connectivity index (χ3v) is 5.46. The van der Waals surface area contributed by atoms with E-state index in [1.807, 2.05) is 13.0 Å². The Labute approximate surface area is 94.8 Å². The van der Waals surface area contributed by atoms with Gasteiger partial charge in [0.05, 0.1) is 6.54 Å². The van der Waals surface area contributed by atoms with Crippen LogP contribution in [0, 0.1) is 12.3 Å². The second kappa shape index (κ2) is 4.79. The molecule has 0 bridgehead atoms. The molecule has 1 rings (SSSR count). The van der Waals surface area contributed by atoms with Crippen molar-refractivity contribution in [1.29, 1.82) is 0 Å². The Morgan fingerprint density at radius 2 is 2.20 bits per heavy atom. The highest BCUT2D eigenvalue weighted by Crippen LogP contribution is 2.24. The first-order valence-corrected chi connectivity index (χ1v) is 6.76. The van der Waals surface area contributed by atoms with Crippen molar-refractivity contribution in [2.45, 2.75) is 17.6 Å². The van der Waals surface area contributed by atoms with Gasteiger partial charge in [0.15, 0.2) is 0 Å². The monoisotopic (exact) mass is 243 g/mol. The van der Waals surface area contributed by atoms with Crippen molar-refractivity contribution in [3.05, 3.63) is 17.0 Å². The van der Waals surface area contributed by atoms with Crippen molar-refractivity contribution >= 4 is 21.4 Å². The zero-order chi connectivity index (χ0) is 11.5. The van der Waals surface area contributed by atoms with Crippen LogP contribution in [0.4, 0.5) is 0 Å². The molecule has 0 amide bonds. The normalized spacial score (nSPS) is 11.6. The average Bonchev–Trinajstić information content (AvgIpc) is 2.66. The molecule has 82 valence electrons. The number of nitrogens with zero attached hydrogens (tertiary/aromatic N) is 1. The highest BCUT2D eigenvalue weighted by atomic mass is 32.2. The Morgan fingerprint density at radius 3 is 2.67 bits per heavy atom. The first-order chi connectivity index (χ1) is 7.02. The van der Waals surface area contributed by atoms with Crippen LogP contribution in [-0.4, -0.2) is 26.3 Å². The summed E-state index contributed by atoms with van der Waals surface area (Å²) >= 11 is 1.30. The van der Waals surface area contributed by atoms with Gasteiger partial charge < -0.3 is 0 Å². The molecule has 0 aromatic carbocycles. The maximum atomic E-state index is 11.9. The predicted molar refractivity (Wildman–Crippen MR) is 62.3 cm³/mol. The van der Waals surface area contributed by atoms with Crippen LogP contribution in [0.5, 0.6) is 0 Å². The third-order valence-electron chi connectivity index (χ3n) is 1.96. The third kappa shape index (κ3) is 2.59. The molecular weight excluding hydrogens is 230 g/mol. The van der Waals surface area contributed by atoms with E-state index in [9.17, 15) is 8.42 Å². The molecule has 0 saturated carbocycles. The molecule has 0 aliphatic heterocycles. The molecule has 0 fully saturated rings. The Hall–Kier alpha value is -0.830. The van der Waals surface area contributed by atoms with Crippen LogP contribution in [-0.2, 0) is 16.4 Å². The number of thiophene rings is 1. The van der Waals surface area contributed by atoms with Gasteiger partial charge in [0.2, 0.25) is 0 Å². The number of hydrogen-bond donors (Lipinski definition) is 0. The largest absolute Gasteiger partial charge is 0.253 e. The van der Waals surface area contributed by atoms with E-state index in [-0.39, 0.29) is 6.54 Å². The van der Waals surface area contributed by atoms with Crippen LogP contribution < -0.4 is 0 Å². The van der Waals surface area contributed by atoms with E-state index in [2.05, 4.69) is 5.92 Å². The molecule has 0 aliphatic carbocycles. The summed E-state index contributed by atoms with van der Waals surface area (Å²) in [6.45, 7) is 2.09. The van der Waals surface area contributed by atoms with Crippen molar-refractivity contribution in [3.8, 4) is 12.3 Å². The fraction of sp³-hybridized carbons (Fsp3) is 0.400. The van der Waals surface area contributed by atoms with Gasteiger partial charge in [0, 0.05) is 11.9 Å². The minimum atomic E-state index is -3.38. The first kappa shape index (κ1) is 12.2. The molecule has 1 aromatic heterocycles. The highest BCUT2D eigenvalue weighted by molar-refractivity contribution is 7.91. The van der Waals surface area contributed by atoms with Gasteiger partial charge in [-0.2, -0.15) is 4.31 Å². The molecular formula is C10H13NO2S2. The van der Waals surface area contributed by atoms with Crippen LogP contribution in [0.3, 0.4) is 0 Å². The molecule has 1 heterocycles. The van der Waals surface area contributed by atoms with Crippen LogP contribution in [0.2, 0.25) is 0 Å². The molecule has 1 aromatic rings. The number of terminal acetylenes is 1. The quantitative estimate of drug-likeness (QED) is 0.753. The van der Waals surface area contributed by atoms with Gasteiger partial charge in [-0.25, -0.2) is 8.42 Å². The SMILES string of the molecule is C#CCN(C)S(=O)(=O)c1ccc(CC)s1. The second-order valence-corrected chi connectivity index (χ2v) is 6.48. The van der Waals surface area contributed by atoms with Crippen LogP contribution in [0.1, 0.15) is 11.8 Å². The Bertz CT molecular complexity index is 468. The summed E-state index contributed by atoms with van der Waals surface area (Å²) in [5.41, 5.74) is 0. The van der Waals surface area contributed by atoms with E-state index in [0.717, 1.165) is 11.3 Å². The predicted octanol–water partition coefficient (Wildman–Crippen LogP) is 1.56. The van der Waals surface area contributed by atoms with E-state index >= 15 is 0 Å². The molecule has 0 atom stereocenters. The van der Waals surface area contributed by atoms with Gasteiger partial charge in [-0.3, -0.25) is 0 Å². The first-order valence-electron chi connectivity index (χ1n) is 4.51. The minimum absolute atomic E-state index is 0.0989. The van der Waals surface area contributed by atoms with E-state index in [1.165, 1.54) is 22.7 Å². The number of hydrogen-bond acceptors (Lipinski definition) is 3. The summed E-state index contributed by atoms with van der Waals surface area (Å²) in [5, 5.41) is 0. The van der Waals surface area contributed by atoms with Gasteiger partial charge in [0.25, 0.3) is 10.0 Å². The summed E-state index contributed by atoms with van der Waals surface area (Å²) < 4.78 is 25.3. The summed E-state index contributed by atoms with van der Waals surface area (Å²) in [7, 11) is -1.89. The second-order valence-electron chi connectivity index (χ2n) is 3.04. The zero-order valence-corrected chi connectivity index (χ0v) is 10.4. The van der Waals surface area contributed by atoms with E-state index in [0.29, 0.717) is 4.21 Å². The number of aryl methyl sites for hydroxylation is 1. The van der Waals surface area contributed by atoms with Crippen LogP contribution in [0.15, 0.2) is 16.3 Å². The Balaban J connectivity index is 3.01. The van der Waals surface area contributed by atoms with E-state index in [4.69, 9.17) is 6.42 Å². The van der Waals surface area contributed by atoms with Crippen molar-refractivity contribution in [1.82, 2.24) is 4.31 Å². The van der Waals surface area contributed by atoms with E-state index in [1.54, 1.807) is 6.07 Å². The van der Waals surface area contributed by atoms with Gasteiger partial charge in [-0.05, 0) is 18.6 Å². The molecule has 0 saturated heterocycles. The van der Waals surface area contributed by atoms with Crippen molar-refractivity contribution in [2.24, 2.45) is 0 Å². The molecule has 0 N–H and O–H groups in total. The molecule has 0 unspecified atom stereocenters. The lowest BCUT2D eigenvalue weighted by Crippen LogP contribution is -2.26. The zero-order valence-electron chi connectivity index (χ0n) is 8.73. The van der Waals surface area contributed by atoms with Gasteiger partial charge in [0.1, 0.15) is 4.21 Å². The smallest absolute Gasteiger partial charge is 0.206 e. The lowest BCUT2D eigenvalue weighted by Gasteiger charge is -2.11. The summed E-state index contributed by atoms with van der Waals surface area (Å²) in [6, 6.07) is 3.47. The number of rotatable bonds is 4. The number of sulfonamides is 1.